The summed E-state index contributed by atoms with van der Waals surface area (Å²) >= 11 is 0. The van der Waals surface area contributed by atoms with Gasteiger partial charge in [-0.1, -0.05) is 0 Å². The molecular weight excluding hydrogens is 176 g/mol. The second-order valence-corrected chi connectivity index (χ2v) is 2.78. The third kappa shape index (κ3) is 2.85. The van der Waals surface area contributed by atoms with Gasteiger partial charge in [0.2, 0.25) is 5.78 Å². The third-order valence-electron chi connectivity index (χ3n) is 1.57. The number of Topliss-reactive ketones (excluding diaryl/α,β-unsaturated/α-hetero) is 1. The maximum absolute atomic E-state index is 10.9. The van der Waals surface area contributed by atoms with E-state index in [2.05, 4.69) is 9.47 Å². The molecule has 72 valence electrons. The Balaban J connectivity index is 2.64. The summed E-state index contributed by atoms with van der Waals surface area (Å²) in [6.07, 6.45) is -0.639. The van der Waals surface area contributed by atoms with Crippen LogP contribution in [0.15, 0.2) is 0 Å². The van der Waals surface area contributed by atoms with Crippen molar-refractivity contribution in [3.8, 4) is 0 Å². The molecule has 0 aromatic heterocycles. The lowest BCUT2D eigenvalue weighted by atomic mass is 10.2. The van der Waals surface area contributed by atoms with Crippen molar-refractivity contribution in [3.05, 3.63) is 0 Å². The van der Waals surface area contributed by atoms with Crippen LogP contribution >= 0.6 is 0 Å². The number of ketones is 1. The molecule has 0 atom stereocenters. The van der Waals surface area contributed by atoms with E-state index in [1.807, 2.05) is 0 Å². The zero-order valence-corrected chi connectivity index (χ0v) is 7.24. The van der Waals surface area contributed by atoms with E-state index >= 15 is 0 Å². The predicted octanol–water partition coefficient (Wildman–Crippen LogP) is 0.172. The van der Waals surface area contributed by atoms with Crippen molar-refractivity contribution in [2.75, 3.05) is 0 Å². The average Bonchev–Trinajstić information content (AvgIpc) is 1.99. The minimum atomic E-state index is -1.35. The fourth-order valence-corrected chi connectivity index (χ4v) is 0.924. The molecule has 5 nitrogen and oxygen atoms in total. The summed E-state index contributed by atoms with van der Waals surface area (Å²) in [5.41, 5.74) is 0. The van der Waals surface area contributed by atoms with Crippen LogP contribution in [-0.4, -0.2) is 24.0 Å². The molecule has 0 unspecified atom stereocenters. The van der Waals surface area contributed by atoms with Crippen molar-refractivity contribution in [2.45, 2.75) is 32.5 Å². The summed E-state index contributed by atoms with van der Waals surface area (Å²) in [5, 5.41) is 0. The first-order chi connectivity index (χ1) is 6.09. The van der Waals surface area contributed by atoms with E-state index in [-0.39, 0.29) is 12.8 Å². The zero-order chi connectivity index (χ0) is 9.84. The first kappa shape index (κ1) is 9.70. The van der Waals surface area contributed by atoms with Crippen LogP contribution in [0, 0.1) is 0 Å². The van der Waals surface area contributed by atoms with Gasteiger partial charge >= 0.3 is 18.2 Å². The summed E-state index contributed by atoms with van der Waals surface area (Å²) in [7, 11) is 0. The fraction of sp³-hybridized carbons (Fsp3) is 0.625. The lowest BCUT2D eigenvalue weighted by Gasteiger charge is -2.17. The smallest absolute Gasteiger partial charge is 0.309 e. The van der Waals surface area contributed by atoms with Gasteiger partial charge in [-0.25, -0.2) is 0 Å². The maximum Gasteiger partial charge on any atom is 0.309 e. The molecule has 5 heteroatoms. The van der Waals surface area contributed by atoms with Gasteiger partial charge in [-0.2, -0.15) is 0 Å². The van der Waals surface area contributed by atoms with Gasteiger partial charge in [0.15, 0.2) is 0 Å². The third-order valence-corrected chi connectivity index (χ3v) is 1.57. The van der Waals surface area contributed by atoms with Crippen LogP contribution in [-0.2, 0) is 23.9 Å². The van der Waals surface area contributed by atoms with Crippen LogP contribution < -0.4 is 0 Å². The number of carbonyl (C=O) groups excluding carboxylic acids is 3. The van der Waals surface area contributed by atoms with E-state index in [1.165, 1.54) is 6.92 Å². The number of cyclic esters (lactones) is 2. The standard InChI is InChI=1S/C8H10O5/c1-5(9)8-12-6(10)3-2-4-7(11)13-8/h8H,2-4H2,1H3. The molecule has 13 heavy (non-hydrogen) atoms. The Morgan fingerprint density at radius 2 is 1.69 bits per heavy atom. The fourth-order valence-electron chi connectivity index (χ4n) is 0.924. The number of hydrogen-bond acceptors (Lipinski definition) is 5. The normalized spacial score (nSPS) is 19.8. The van der Waals surface area contributed by atoms with E-state index in [0.29, 0.717) is 6.42 Å². The van der Waals surface area contributed by atoms with Gasteiger partial charge in [-0.15, -0.1) is 0 Å². The molecule has 0 aromatic rings. The second kappa shape index (κ2) is 4.02. The highest BCUT2D eigenvalue weighted by Crippen LogP contribution is 2.09. The summed E-state index contributed by atoms with van der Waals surface area (Å²) in [6.45, 7) is 1.20. The van der Waals surface area contributed by atoms with Crippen molar-refractivity contribution >= 4 is 17.7 Å². The van der Waals surface area contributed by atoms with Gasteiger partial charge in [0.25, 0.3) is 0 Å². The Kier molecular flexibility index (Phi) is 3.00. The quantitative estimate of drug-likeness (QED) is 0.546. The first-order valence-corrected chi connectivity index (χ1v) is 3.99. The van der Waals surface area contributed by atoms with E-state index in [0.717, 1.165) is 0 Å². The highest BCUT2D eigenvalue weighted by Gasteiger charge is 2.25. The van der Waals surface area contributed by atoms with Crippen LogP contribution in [0.25, 0.3) is 0 Å². The van der Waals surface area contributed by atoms with Crippen molar-refractivity contribution in [1.29, 1.82) is 0 Å². The van der Waals surface area contributed by atoms with Gasteiger partial charge in [0.1, 0.15) is 0 Å². The minimum Gasteiger partial charge on any atom is -0.417 e. The molecule has 1 fully saturated rings. The number of carbonyl (C=O) groups is 3. The molecule has 1 rings (SSSR count). The Labute approximate surface area is 75.0 Å². The van der Waals surface area contributed by atoms with Gasteiger partial charge in [-0.3, -0.25) is 14.4 Å². The summed E-state index contributed by atoms with van der Waals surface area (Å²) in [4.78, 5) is 32.6. The van der Waals surface area contributed by atoms with Crippen LogP contribution in [0.5, 0.6) is 0 Å². The lowest BCUT2D eigenvalue weighted by molar-refractivity contribution is -0.193. The molecule has 1 aliphatic heterocycles. The SMILES string of the molecule is CC(=O)C1OC(=O)CCCC(=O)O1. The average molecular weight is 186 g/mol. The van der Waals surface area contributed by atoms with Gasteiger partial charge in [-0.05, 0) is 6.42 Å². The van der Waals surface area contributed by atoms with Crippen LogP contribution in [0.2, 0.25) is 0 Å². The first-order valence-electron chi connectivity index (χ1n) is 3.99. The molecule has 0 aromatic carbocycles. The van der Waals surface area contributed by atoms with E-state index < -0.39 is 24.0 Å². The Morgan fingerprint density at radius 1 is 1.23 bits per heavy atom. The highest BCUT2D eigenvalue weighted by atomic mass is 16.7. The van der Waals surface area contributed by atoms with Crippen molar-refractivity contribution in [3.63, 3.8) is 0 Å². The van der Waals surface area contributed by atoms with Gasteiger partial charge < -0.3 is 9.47 Å². The van der Waals surface area contributed by atoms with Gasteiger partial charge in [0.05, 0.1) is 0 Å². The Hall–Kier alpha value is -1.39. The van der Waals surface area contributed by atoms with Crippen molar-refractivity contribution in [1.82, 2.24) is 0 Å². The summed E-state index contributed by atoms with van der Waals surface area (Å²) < 4.78 is 9.18. The van der Waals surface area contributed by atoms with Crippen LogP contribution in [0.3, 0.4) is 0 Å². The number of hydrogen-bond donors (Lipinski definition) is 0. The van der Waals surface area contributed by atoms with E-state index in [4.69, 9.17) is 0 Å². The summed E-state index contributed by atoms with van der Waals surface area (Å²) in [6, 6.07) is 0. The predicted molar refractivity (Wildman–Crippen MR) is 40.5 cm³/mol. The molecule has 1 aliphatic rings. The van der Waals surface area contributed by atoms with Gasteiger partial charge in [0, 0.05) is 19.8 Å². The van der Waals surface area contributed by atoms with Crippen LogP contribution in [0.4, 0.5) is 0 Å². The molecular formula is C8H10O5. The molecule has 0 aliphatic carbocycles. The van der Waals surface area contributed by atoms with E-state index in [9.17, 15) is 14.4 Å². The Bertz CT molecular complexity index is 227. The number of esters is 2. The lowest BCUT2D eigenvalue weighted by Crippen LogP contribution is -2.32. The number of rotatable bonds is 1. The van der Waals surface area contributed by atoms with Crippen LogP contribution in [0.1, 0.15) is 26.2 Å². The molecule has 0 N–H and O–H groups in total. The number of ether oxygens (including phenoxy) is 2. The molecule has 0 amide bonds. The molecule has 1 heterocycles. The molecule has 1 saturated heterocycles. The van der Waals surface area contributed by atoms with Crippen molar-refractivity contribution in [2.24, 2.45) is 0 Å². The highest BCUT2D eigenvalue weighted by molar-refractivity contribution is 5.85. The van der Waals surface area contributed by atoms with E-state index in [1.54, 1.807) is 0 Å². The molecule has 0 radical (unpaired) electrons. The Morgan fingerprint density at radius 3 is 2.08 bits per heavy atom. The molecule has 0 saturated carbocycles. The topological polar surface area (TPSA) is 69.7 Å². The molecule has 0 spiro atoms. The minimum absolute atomic E-state index is 0.152. The largest absolute Gasteiger partial charge is 0.417 e. The maximum atomic E-state index is 10.9. The monoisotopic (exact) mass is 186 g/mol. The molecule has 0 bridgehead atoms. The zero-order valence-electron chi connectivity index (χ0n) is 7.24. The van der Waals surface area contributed by atoms with Crippen molar-refractivity contribution < 1.29 is 23.9 Å². The second-order valence-electron chi connectivity index (χ2n) is 2.78. The summed E-state index contributed by atoms with van der Waals surface area (Å²) in [5.74, 6) is -1.50.